The molecule has 4 nitrogen and oxygen atoms in total. The van der Waals surface area contributed by atoms with Gasteiger partial charge in [0.05, 0.1) is 7.11 Å². The average Bonchev–Trinajstić information content (AvgIpc) is 2.35. The lowest BCUT2D eigenvalue weighted by atomic mass is 9.97. The number of amides is 1. The zero-order chi connectivity index (χ0) is 16.8. The summed E-state index contributed by atoms with van der Waals surface area (Å²) in [5.41, 5.74) is 0.656. The molecular formula is C18H29NO3. The van der Waals surface area contributed by atoms with Crippen LogP contribution in [0.15, 0.2) is 24.3 Å². The van der Waals surface area contributed by atoms with Crippen molar-refractivity contribution in [2.24, 2.45) is 5.92 Å². The van der Waals surface area contributed by atoms with Gasteiger partial charge in [0.2, 0.25) is 0 Å². The van der Waals surface area contributed by atoms with Gasteiger partial charge >= 0.3 is 6.09 Å². The third kappa shape index (κ3) is 7.34. The summed E-state index contributed by atoms with van der Waals surface area (Å²) in [5, 5.41) is 2.99. The highest BCUT2D eigenvalue weighted by molar-refractivity contribution is 5.68. The van der Waals surface area contributed by atoms with E-state index in [-0.39, 0.29) is 12.1 Å². The van der Waals surface area contributed by atoms with E-state index in [1.165, 1.54) is 0 Å². The highest BCUT2D eigenvalue weighted by Gasteiger charge is 2.20. The lowest BCUT2D eigenvalue weighted by molar-refractivity contribution is 0.0498. The molecule has 22 heavy (non-hydrogen) atoms. The maximum Gasteiger partial charge on any atom is 0.407 e. The zero-order valence-electron chi connectivity index (χ0n) is 14.6. The maximum absolute atomic E-state index is 12.0. The Hall–Kier alpha value is -1.71. The largest absolute Gasteiger partial charge is 0.497 e. The Morgan fingerprint density at radius 3 is 2.50 bits per heavy atom. The summed E-state index contributed by atoms with van der Waals surface area (Å²) in [6.45, 7) is 9.90. The number of ether oxygens (including phenoxy) is 2. The van der Waals surface area contributed by atoms with E-state index < -0.39 is 5.60 Å². The van der Waals surface area contributed by atoms with Gasteiger partial charge in [-0.1, -0.05) is 26.0 Å². The van der Waals surface area contributed by atoms with E-state index in [2.05, 4.69) is 19.2 Å². The molecule has 1 N–H and O–H groups in total. The minimum absolute atomic E-state index is 0.0435. The SMILES string of the molecule is COc1cccc(C[C@H](CC(C)C)NC(=O)OC(C)(C)C)c1. The van der Waals surface area contributed by atoms with Gasteiger partial charge in [-0.3, -0.25) is 0 Å². The summed E-state index contributed by atoms with van der Waals surface area (Å²) in [6.07, 6.45) is 1.30. The monoisotopic (exact) mass is 307 g/mol. The third-order valence-electron chi connectivity index (χ3n) is 3.09. The molecule has 0 aliphatic heterocycles. The molecule has 0 aliphatic carbocycles. The van der Waals surface area contributed by atoms with E-state index in [9.17, 15) is 4.79 Å². The van der Waals surface area contributed by atoms with E-state index in [0.29, 0.717) is 5.92 Å². The molecule has 1 atom stereocenters. The van der Waals surface area contributed by atoms with Crippen molar-refractivity contribution in [3.05, 3.63) is 29.8 Å². The summed E-state index contributed by atoms with van der Waals surface area (Å²) in [5.74, 6) is 1.32. The van der Waals surface area contributed by atoms with Crippen molar-refractivity contribution in [3.63, 3.8) is 0 Å². The highest BCUT2D eigenvalue weighted by atomic mass is 16.6. The first-order valence-electron chi connectivity index (χ1n) is 7.82. The molecule has 0 bridgehead atoms. The maximum atomic E-state index is 12.0. The molecule has 0 fully saturated rings. The van der Waals surface area contributed by atoms with Crippen LogP contribution in [0.5, 0.6) is 5.75 Å². The third-order valence-corrected chi connectivity index (χ3v) is 3.09. The number of rotatable bonds is 6. The van der Waals surface area contributed by atoms with Crippen molar-refractivity contribution in [1.82, 2.24) is 5.32 Å². The normalized spacial score (nSPS) is 12.9. The quantitative estimate of drug-likeness (QED) is 0.857. The summed E-state index contributed by atoms with van der Waals surface area (Å²) in [6, 6.07) is 7.98. The summed E-state index contributed by atoms with van der Waals surface area (Å²) in [4.78, 5) is 12.0. The second-order valence-corrected chi connectivity index (χ2v) is 7.03. The van der Waals surface area contributed by atoms with Crippen LogP contribution in [0, 0.1) is 5.92 Å². The molecule has 0 radical (unpaired) electrons. The predicted octanol–water partition coefficient (Wildman–Crippen LogP) is 4.18. The Balaban J connectivity index is 2.73. The highest BCUT2D eigenvalue weighted by Crippen LogP contribution is 2.17. The van der Waals surface area contributed by atoms with Crippen LogP contribution in [-0.2, 0) is 11.2 Å². The van der Waals surface area contributed by atoms with Gasteiger partial charge in [-0.2, -0.15) is 0 Å². The first kappa shape index (κ1) is 18.3. The molecular weight excluding hydrogens is 278 g/mol. The number of hydrogen-bond donors (Lipinski definition) is 1. The van der Waals surface area contributed by atoms with Crippen molar-refractivity contribution in [2.45, 2.75) is 59.1 Å². The Morgan fingerprint density at radius 1 is 1.27 bits per heavy atom. The van der Waals surface area contributed by atoms with E-state index in [4.69, 9.17) is 9.47 Å². The van der Waals surface area contributed by atoms with Gasteiger partial charge in [0.25, 0.3) is 0 Å². The van der Waals surface area contributed by atoms with E-state index >= 15 is 0 Å². The van der Waals surface area contributed by atoms with Crippen molar-refractivity contribution in [2.75, 3.05) is 7.11 Å². The number of carbonyl (C=O) groups is 1. The van der Waals surface area contributed by atoms with E-state index in [1.807, 2.05) is 45.0 Å². The fourth-order valence-corrected chi connectivity index (χ4v) is 2.32. The Morgan fingerprint density at radius 2 is 1.95 bits per heavy atom. The van der Waals surface area contributed by atoms with Gasteiger partial charge < -0.3 is 14.8 Å². The minimum atomic E-state index is -0.484. The lowest BCUT2D eigenvalue weighted by Gasteiger charge is -2.25. The Bertz CT molecular complexity index is 477. The number of benzene rings is 1. The van der Waals surface area contributed by atoms with E-state index in [0.717, 1.165) is 24.2 Å². The number of alkyl carbamates (subject to hydrolysis) is 1. The smallest absolute Gasteiger partial charge is 0.407 e. The summed E-state index contributed by atoms with van der Waals surface area (Å²) in [7, 11) is 1.66. The van der Waals surface area contributed by atoms with Crippen molar-refractivity contribution < 1.29 is 14.3 Å². The fraction of sp³-hybridized carbons (Fsp3) is 0.611. The van der Waals surface area contributed by atoms with Gasteiger partial charge in [0.1, 0.15) is 11.4 Å². The lowest BCUT2D eigenvalue weighted by Crippen LogP contribution is -2.40. The van der Waals surface area contributed by atoms with Gasteiger partial charge in [-0.05, 0) is 57.2 Å². The number of methoxy groups -OCH3 is 1. The first-order valence-corrected chi connectivity index (χ1v) is 7.82. The molecule has 0 spiro atoms. The first-order chi connectivity index (χ1) is 10.2. The second kappa shape index (κ2) is 8.06. The Labute approximate surface area is 134 Å². The molecule has 1 aromatic rings. The van der Waals surface area contributed by atoms with Crippen molar-refractivity contribution in [3.8, 4) is 5.75 Å². The van der Waals surface area contributed by atoms with Crippen LogP contribution in [0.1, 0.15) is 46.6 Å². The number of nitrogens with one attached hydrogen (secondary N) is 1. The van der Waals surface area contributed by atoms with Crippen LogP contribution >= 0.6 is 0 Å². The molecule has 1 aromatic carbocycles. The van der Waals surface area contributed by atoms with Crippen LogP contribution in [0.25, 0.3) is 0 Å². The second-order valence-electron chi connectivity index (χ2n) is 7.03. The molecule has 0 unspecified atom stereocenters. The fourth-order valence-electron chi connectivity index (χ4n) is 2.32. The molecule has 4 heteroatoms. The zero-order valence-corrected chi connectivity index (χ0v) is 14.6. The molecule has 0 aliphatic rings. The van der Waals surface area contributed by atoms with Crippen LogP contribution in [0.3, 0.4) is 0 Å². The van der Waals surface area contributed by atoms with Crippen LogP contribution in [-0.4, -0.2) is 24.8 Å². The minimum Gasteiger partial charge on any atom is -0.497 e. The number of hydrogen-bond acceptors (Lipinski definition) is 3. The van der Waals surface area contributed by atoms with Gasteiger partial charge in [0.15, 0.2) is 0 Å². The summed E-state index contributed by atoms with van der Waals surface area (Å²) >= 11 is 0. The Kier molecular flexibility index (Phi) is 6.72. The molecule has 0 heterocycles. The average molecular weight is 307 g/mol. The van der Waals surface area contributed by atoms with Crippen LogP contribution in [0.2, 0.25) is 0 Å². The molecule has 1 rings (SSSR count). The van der Waals surface area contributed by atoms with Crippen LogP contribution in [0.4, 0.5) is 4.79 Å². The molecule has 1 amide bonds. The summed E-state index contributed by atoms with van der Waals surface area (Å²) < 4.78 is 10.6. The standard InChI is InChI=1S/C18H29NO3/c1-13(2)10-15(19-17(20)22-18(3,4)5)11-14-8-7-9-16(12-14)21-6/h7-9,12-13,15H,10-11H2,1-6H3,(H,19,20)/t15-/m0/s1. The molecule has 0 saturated heterocycles. The van der Waals surface area contributed by atoms with E-state index in [1.54, 1.807) is 7.11 Å². The van der Waals surface area contributed by atoms with Crippen LogP contribution < -0.4 is 10.1 Å². The molecule has 0 aromatic heterocycles. The van der Waals surface area contributed by atoms with Crippen molar-refractivity contribution >= 4 is 6.09 Å². The van der Waals surface area contributed by atoms with Gasteiger partial charge in [-0.25, -0.2) is 4.79 Å². The van der Waals surface area contributed by atoms with Gasteiger partial charge in [-0.15, -0.1) is 0 Å². The topological polar surface area (TPSA) is 47.6 Å². The molecule has 124 valence electrons. The van der Waals surface area contributed by atoms with Crippen molar-refractivity contribution in [1.29, 1.82) is 0 Å². The van der Waals surface area contributed by atoms with Gasteiger partial charge in [0, 0.05) is 6.04 Å². The molecule has 0 saturated carbocycles. The predicted molar refractivity (Wildman–Crippen MR) is 89.3 cm³/mol. The number of carbonyl (C=O) groups excluding carboxylic acids is 1.